The zero-order chi connectivity index (χ0) is 19.0. The van der Waals surface area contributed by atoms with Gasteiger partial charge in [0.1, 0.15) is 16.4 Å². The van der Waals surface area contributed by atoms with Crippen molar-refractivity contribution >= 4 is 35.3 Å². The van der Waals surface area contributed by atoms with Crippen LogP contribution in [0.4, 0.5) is 0 Å². The van der Waals surface area contributed by atoms with E-state index in [0.717, 1.165) is 47.2 Å². The van der Waals surface area contributed by atoms with E-state index in [1.807, 2.05) is 6.07 Å². The average Bonchev–Trinajstić information content (AvgIpc) is 2.62. The van der Waals surface area contributed by atoms with Crippen molar-refractivity contribution < 1.29 is 19.3 Å². The molecule has 1 aromatic heterocycles. The van der Waals surface area contributed by atoms with Crippen LogP contribution in [0.3, 0.4) is 0 Å². The van der Waals surface area contributed by atoms with Crippen LogP contribution in [-0.2, 0) is 19.3 Å². The van der Waals surface area contributed by atoms with Gasteiger partial charge in [0.15, 0.2) is 0 Å². The maximum atomic E-state index is 11.2. The van der Waals surface area contributed by atoms with Gasteiger partial charge in [-0.3, -0.25) is 19.3 Å². The van der Waals surface area contributed by atoms with Gasteiger partial charge >= 0.3 is 0 Å². The van der Waals surface area contributed by atoms with Crippen molar-refractivity contribution in [2.75, 3.05) is 25.7 Å². The summed E-state index contributed by atoms with van der Waals surface area (Å²) in [6, 6.07) is 1.98. The second kappa shape index (κ2) is 14.8. The Morgan fingerprint density at radius 3 is 1.77 bits per heavy atom. The molecule has 0 aromatic carbocycles. The zero-order valence-electron chi connectivity index (χ0n) is 15.2. The molecule has 0 unspecified atom stereocenters. The molecule has 2 amide bonds. The van der Waals surface area contributed by atoms with Gasteiger partial charge in [0, 0.05) is 18.9 Å². The standard InChI is InChI=1S/C16H26N4O4S2/c1-23-19-13(21)7-3-5-9-25-15-11-16(18-12-17-15)26-10-6-4-8-14(22)20-24-2/h11-12H,3-10H2,1-2H3,(H,19,21)(H,20,22). The predicted octanol–water partition coefficient (Wildman–Crippen LogP) is 2.36. The molecular formula is C16H26N4O4S2. The topological polar surface area (TPSA) is 102 Å². The summed E-state index contributed by atoms with van der Waals surface area (Å²) >= 11 is 3.32. The molecule has 0 atom stereocenters. The Kier molecular flexibility index (Phi) is 12.9. The third kappa shape index (κ3) is 11.3. The maximum absolute atomic E-state index is 11.2. The first kappa shape index (κ1) is 22.7. The van der Waals surface area contributed by atoms with Crippen molar-refractivity contribution in [3.63, 3.8) is 0 Å². The molecule has 8 nitrogen and oxygen atoms in total. The number of hydrogen-bond donors (Lipinski definition) is 2. The summed E-state index contributed by atoms with van der Waals surface area (Å²) in [6.45, 7) is 0. The summed E-state index contributed by atoms with van der Waals surface area (Å²) in [7, 11) is 2.85. The minimum atomic E-state index is -0.0991. The Balaban J connectivity index is 2.16. The predicted molar refractivity (Wildman–Crippen MR) is 101 cm³/mol. The normalized spacial score (nSPS) is 10.5. The molecule has 146 valence electrons. The summed E-state index contributed by atoms with van der Waals surface area (Å²) in [6.07, 6.45) is 5.97. The van der Waals surface area contributed by atoms with Crippen LogP contribution in [0, 0.1) is 0 Å². The van der Waals surface area contributed by atoms with Gasteiger partial charge in [-0.05, 0) is 37.2 Å². The molecule has 0 fully saturated rings. The fourth-order valence-electron chi connectivity index (χ4n) is 1.94. The van der Waals surface area contributed by atoms with Crippen LogP contribution >= 0.6 is 23.5 Å². The molecule has 0 saturated heterocycles. The molecule has 0 aliphatic heterocycles. The summed E-state index contributed by atoms with van der Waals surface area (Å²) in [5.74, 6) is 1.60. The lowest BCUT2D eigenvalue weighted by atomic mass is 10.2. The number of thioether (sulfide) groups is 2. The monoisotopic (exact) mass is 402 g/mol. The molecule has 26 heavy (non-hydrogen) atoms. The quantitative estimate of drug-likeness (QED) is 0.212. The minimum Gasteiger partial charge on any atom is -0.277 e. The van der Waals surface area contributed by atoms with Crippen LogP contribution in [0.1, 0.15) is 38.5 Å². The minimum absolute atomic E-state index is 0.0991. The highest BCUT2D eigenvalue weighted by molar-refractivity contribution is 8.00. The molecular weight excluding hydrogens is 376 g/mol. The number of carbonyl (C=O) groups is 2. The van der Waals surface area contributed by atoms with Crippen molar-refractivity contribution in [2.24, 2.45) is 0 Å². The van der Waals surface area contributed by atoms with Gasteiger partial charge in [-0.2, -0.15) is 0 Å². The second-order valence-electron chi connectivity index (χ2n) is 5.26. The Bertz CT molecular complexity index is 505. The van der Waals surface area contributed by atoms with E-state index in [2.05, 4.69) is 30.6 Å². The Morgan fingerprint density at radius 2 is 1.35 bits per heavy atom. The highest BCUT2D eigenvalue weighted by Crippen LogP contribution is 2.23. The van der Waals surface area contributed by atoms with Crippen molar-refractivity contribution in [2.45, 2.75) is 48.6 Å². The van der Waals surface area contributed by atoms with Crippen LogP contribution in [-0.4, -0.2) is 47.5 Å². The first-order valence-corrected chi connectivity index (χ1v) is 10.3. The molecule has 0 radical (unpaired) electrons. The molecule has 1 heterocycles. The van der Waals surface area contributed by atoms with Crippen molar-refractivity contribution in [1.82, 2.24) is 20.9 Å². The summed E-state index contributed by atoms with van der Waals surface area (Å²) in [5.41, 5.74) is 4.61. The summed E-state index contributed by atoms with van der Waals surface area (Å²) in [4.78, 5) is 40.1. The molecule has 2 N–H and O–H groups in total. The van der Waals surface area contributed by atoms with E-state index in [1.54, 1.807) is 29.9 Å². The Hall–Kier alpha value is -1.36. The largest absolute Gasteiger partial charge is 0.277 e. The van der Waals surface area contributed by atoms with Gasteiger partial charge in [0.05, 0.1) is 14.2 Å². The highest BCUT2D eigenvalue weighted by atomic mass is 32.2. The molecule has 0 bridgehead atoms. The maximum Gasteiger partial charge on any atom is 0.243 e. The van der Waals surface area contributed by atoms with Crippen LogP contribution in [0.25, 0.3) is 0 Å². The van der Waals surface area contributed by atoms with Crippen molar-refractivity contribution in [3.05, 3.63) is 12.4 Å². The van der Waals surface area contributed by atoms with Gasteiger partial charge in [-0.1, -0.05) is 0 Å². The van der Waals surface area contributed by atoms with E-state index in [-0.39, 0.29) is 11.8 Å². The van der Waals surface area contributed by atoms with Crippen molar-refractivity contribution in [1.29, 1.82) is 0 Å². The van der Waals surface area contributed by atoms with Gasteiger partial charge in [-0.25, -0.2) is 20.9 Å². The molecule has 1 aromatic rings. The van der Waals surface area contributed by atoms with Crippen LogP contribution in [0.5, 0.6) is 0 Å². The molecule has 0 saturated carbocycles. The summed E-state index contributed by atoms with van der Waals surface area (Å²) < 4.78 is 0. The first-order chi connectivity index (χ1) is 12.7. The third-order valence-corrected chi connectivity index (χ3v) is 5.17. The smallest absolute Gasteiger partial charge is 0.243 e. The second-order valence-corrected chi connectivity index (χ2v) is 7.49. The van der Waals surface area contributed by atoms with E-state index in [9.17, 15) is 9.59 Å². The van der Waals surface area contributed by atoms with Crippen molar-refractivity contribution in [3.8, 4) is 0 Å². The van der Waals surface area contributed by atoms with Gasteiger partial charge in [-0.15, -0.1) is 23.5 Å². The fourth-order valence-corrected chi connectivity index (χ4v) is 3.76. The van der Waals surface area contributed by atoms with Gasteiger partial charge < -0.3 is 0 Å². The van der Waals surface area contributed by atoms with Gasteiger partial charge in [0.25, 0.3) is 0 Å². The number of hydroxylamine groups is 2. The number of carbonyl (C=O) groups excluding carboxylic acids is 2. The molecule has 10 heteroatoms. The Labute approximate surface area is 162 Å². The molecule has 1 rings (SSSR count). The number of unbranched alkanes of at least 4 members (excludes halogenated alkanes) is 2. The van der Waals surface area contributed by atoms with E-state index in [0.29, 0.717) is 12.8 Å². The Morgan fingerprint density at radius 1 is 0.885 bits per heavy atom. The molecule has 0 aliphatic rings. The number of amides is 2. The number of nitrogens with zero attached hydrogens (tertiary/aromatic N) is 2. The lowest BCUT2D eigenvalue weighted by Gasteiger charge is -2.05. The SMILES string of the molecule is CONC(=O)CCCCSc1cc(SCCCCC(=O)NOC)ncn1. The van der Waals surface area contributed by atoms with E-state index < -0.39 is 0 Å². The van der Waals surface area contributed by atoms with E-state index >= 15 is 0 Å². The fraction of sp³-hybridized carbons (Fsp3) is 0.625. The van der Waals surface area contributed by atoms with Crippen LogP contribution in [0.2, 0.25) is 0 Å². The van der Waals surface area contributed by atoms with Crippen LogP contribution < -0.4 is 11.0 Å². The molecule has 0 aliphatic carbocycles. The summed E-state index contributed by atoms with van der Waals surface area (Å²) in [5, 5.41) is 1.87. The zero-order valence-corrected chi connectivity index (χ0v) is 16.8. The first-order valence-electron chi connectivity index (χ1n) is 8.37. The number of hydrogen-bond acceptors (Lipinski definition) is 8. The van der Waals surface area contributed by atoms with E-state index in [4.69, 9.17) is 0 Å². The van der Waals surface area contributed by atoms with Gasteiger partial charge in [0.2, 0.25) is 11.8 Å². The lowest BCUT2D eigenvalue weighted by Crippen LogP contribution is -2.21. The number of nitrogens with one attached hydrogen (secondary N) is 2. The third-order valence-electron chi connectivity index (χ3n) is 3.14. The number of rotatable bonds is 14. The molecule has 0 spiro atoms. The van der Waals surface area contributed by atoms with Crippen LogP contribution in [0.15, 0.2) is 22.4 Å². The van der Waals surface area contributed by atoms with E-state index in [1.165, 1.54) is 14.2 Å². The average molecular weight is 403 g/mol. The lowest BCUT2D eigenvalue weighted by molar-refractivity contribution is -0.132. The number of aromatic nitrogens is 2. The highest BCUT2D eigenvalue weighted by Gasteiger charge is 2.04.